The molecule has 0 unspecified atom stereocenters. The van der Waals surface area contributed by atoms with Crippen LogP contribution in [0.2, 0.25) is 0 Å². The molecule has 126 valence electrons. The van der Waals surface area contributed by atoms with Gasteiger partial charge in [0, 0.05) is 24.8 Å². The Bertz CT molecular complexity index is 662. The van der Waals surface area contributed by atoms with Crippen molar-refractivity contribution >= 4 is 50.5 Å². The number of carbonyl (C=O) groups is 1. The van der Waals surface area contributed by atoms with E-state index in [4.69, 9.17) is 0 Å². The van der Waals surface area contributed by atoms with Gasteiger partial charge in [-0.2, -0.15) is 5.10 Å². The maximum Gasteiger partial charge on any atom is 0.220 e. The standard InChI is InChI=1S/C14H21BrN6OS/c1-3-6-17-12-10-9-18-21(8-7-16-11(22)4-5-15)13(10)20-14(19-12)23-2/h9H,3-8H2,1-2H3,(H,16,22)(H,17,19,20). The quantitative estimate of drug-likeness (QED) is 0.381. The van der Waals surface area contributed by atoms with Crippen LogP contribution in [0.1, 0.15) is 19.8 Å². The lowest BCUT2D eigenvalue weighted by Crippen LogP contribution is -2.27. The molecule has 23 heavy (non-hydrogen) atoms. The fraction of sp³-hybridized carbons (Fsp3) is 0.571. The molecule has 2 heterocycles. The lowest BCUT2D eigenvalue weighted by atomic mass is 10.3. The minimum atomic E-state index is 0.0306. The van der Waals surface area contributed by atoms with Gasteiger partial charge in [-0.25, -0.2) is 14.6 Å². The number of anilines is 1. The van der Waals surface area contributed by atoms with Gasteiger partial charge in [0.1, 0.15) is 5.82 Å². The number of rotatable bonds is 9. The van der Waals surface area contributed by atoms with E-state index < -0.39 is 0 Å². The van der Waals surface area contributed by atoms with Crippen molar-refractivity contribution in [2.24, 2.45) is 0 Å². The van der Waals surface area contributed by atoms with E-state index in [2.05, 4.69) is 48.6 Å². The lowest BCUT2D eigenvalue weighted by molar-refractivity contribution is -0.120. The summed E-state index contributed by atoms with van der Waals surface area (Å²) >= 11 is 4.75. The summed E-state index contributed by atoms with van der Waals surface area (Å²) in [6.45, 7) is 4.07. The Labute approximate surface area is 148 Å². The van der Waals surface area contributed by atoms with E-state index in [1.54, 1.807) is 6.20 Å². The number of aromatic nitrogens is 4. The van der Waals surface area contributed by atoms with Crippen LogP contribution in [0, 0.1) is 0 Å². The van der Waals surface area contributed by atoms with Crippen LogP contribution in [0.3, 0.4) is 0 Å². The summed E-state index contributed by atoms with van der Waals surface area (Å²) in [5, 5.41) is 12.9. The van der Waals surface area contributed by atoms with Crippen LogP contribution < -0.4 is 10.6 Å². The van der Waals surface area contributed by atoms with Crippen molar-refractivity contribution in [3.05, 3.63) is 6.20 Å². The maximum absolute atomic E-state index is 11.5. The summed E-state index contributed by atoms with van der Waals surface area (Å²) in [7, 11) is 0. The molecule has 0 bridgehead atoms. The van der Waals surface area contributed by atoms with Crippen molar-refractivity contribution in [1.29, 1.82) is 0 Å². The molecule has 9 heteroatoms. The molecule has 0 atom stereocenters. The molecule has 0 aromatic carbocycles. The molecule has 2 aromatic rings. The lowest BCUT2D eigenvalue weighted by Gasteiger charge is -2.08. The number of nitrogens with one attached hydrogen (secondary N) is 2. The van der Waals surface area contributed by atoms with Crippen molar-refractivity contribution in [3.8, 4) is 0 Å². The van der Waals surface area contributed by atoms with Gasteiger partial charge in [0.25, 0.3) is 0 Å². The van der Waals surface area contributed by atoms with Crippen LogP contribution in [0.15, 0.2) is 11.4 Å². The normalized spacial score (nSPS) is 10.9. The molecule has 7 nitrogen and oxygen atoms in total. The summed E-state index contributed by atoms with van der Waals surface area (Å²) in [6, 6.07) is 0. The van der Waals surface area contributed by atoms with Crippen LogP contribution in [0.5, 0.6) is 0 Å². The molecular weight excluding hydrogens is 380 g/mol. The number of nitrogens with zero attached hydrogens (tertiary/aromatic N) is 4. The van der Waals surface area contributed by atoms with Crippen molar-refractivity contribution in [1.82, 2.24) is 25.1 Å². The van der Waals surface area contributed by atoms with E-state index in [-0.39, 0.29) is 5.91 Å². The first-order chi connectivity index (χ1) is 11.2. The zero-order chi connectivity index (χ0) is 16.7. The van der Waals surface area contributed by atoms with Gasteiger partial charge in [-0.05, 0) is 12.7 Å². The molecule has 2 rings (SSSR count). The zero-order valence-electron chi connectivity index (χ0n) is 13.3. The molecule has 2 aromatic heterocycles. The Hall–Kier alpha value is -1.35. The number of alkyl halides is 1. The van der Waals surface area contributed by atoms with Gasteiger partial charge in [-0.1, -0.05) is 34.6 Å². The van der Waals surface area contributed by atoms with Crippen molar-refractivity contribution < 1.29 is 4.79 Å². The maximum atomic E-state index is 11.5. The molecular formula is C14H21BrN6OS. The molecule has 0 saturated heterocycles. The SMILES string of the molecule is CCCNc1nc(SC)nc2c1cnn2CCNC(=O)CCBr. The third-order valence-corrected chi connectivity index (χ3v) is 4.11. The van der Waals surface area contributed by atoms with Gasteiger partial charge in [-0.15, -0.1) is 0 Å². The first-order valence-corrected chi connectivity index (χ1v) is 9.88. The number of carbonyl (C=O) groups excluding carboxylic acids is 1. The van der Waals surface area contributed by atoms with E-state index in [9.17, 15) is 4.79 Å². The highest BCUT2D eigenvalue weighted by Gasteiger charge is 2.12. The average Bonchev–Trinajstić information content (AvgIpc) is 2.96. The molecule has 0 aliphatic heterocycles. The topological polar surface area (TPSA) is 84.7 Å². The predicted octanol–water partition coefficient (Wildman–Crippen LogP) is 2.27. The molecule has 0 saturated carbocycles. The minimum Gasteiger partial charge on any atom is -0.369 e. The van der Waals surface area contributed by atoms with Crippen LogP contribution in [0.25, 0.3) is 11.0 Å². The molecule has 0 radical (unpaired) electrons. The zero-order valence-corrected chi connectivity index (χ0v) is 15.7. The van der Waals surface area contributed by atoms with Gasteiger partial charge in [0.05, 0.1) is 18.1 Å². The van der Waals surface area contributed by atoms with Gasteiger partial charge < -0.3 is 10.6 Å². The Balaban J connectivity index is 2.16. The highest BCUT2D eigenvalue weighted by molar-refractivity contribution is 9.09. The van der Waals surface area contributed by atoms with Crippen LogP contribution in [-0.4, -0.2) is 50.3 Å². The van der Waals surface area contributed by atoms with E-state index >= 15 is 0 Å². The highest BCUT2D eigenvalue weighted by atomic mass is 79.9. The minimum absolute atomic E-state index is 0.0306. The van der Waals surface area contributed by atoms with E-state index in [0.29, 0.717) is 30.0 Å². The van der Waals surface area contributed by atoms with Gasteiger partial charge in [0.15, 0.2) is 10.8 Å². The third kappa shape index (κ3) is 4.81. The second-order valence-corrected chi connectivity index (χ2v) is 6.45. The number of fused-ring (bicyclic) bond motifs is 1. The summed E-state index contributed by atoms with van der Waals surface area (Å²) in [5.74, 6) is 0.846. The average molecular weight is 401 g/mol. The second kappa shape index (κ2) is 9.07. The Morgan fingerprint density at radius 2 is 2.22 bits per heavy atom. The molecule has 0 spiro atoms. The van der Waals surface area contributed by atoms with Crippen molar-refractivity contribution in [2.75, 3.05) is 30.0 Å². The first kappa shape index (κ1) is 18.0. The fourth-order valence-electron chi connectivity index (χ4n) is 2.04. The summed E-state index contributed by atoms with van der Waals surface area (Å²) < 4.78 is 1.81. The highest BCUT2D eigenvalue weighted by Crippen LogP contribution is 2.23. The number of amides is 1. The second-order valence-electron chi connectivity index (χ2n) is 4.88. The number of halogens is 1. The summed E-state index contributed by atoms with van der Waals surface area (Å²) in [6.07, 6.45) is 5.22. The smallest absolute Gasteiger partial charge is 0.220 e. The Morgan fingerprint density at radius 1 is 1.39 bits per heavy atom. The Morgan fingerprint density at radius 3 is 2.91 bits per heavy atom. The van der Waals surface area contributed by atoms with Gasteiger partial charge in [-0.3, -0.25) is 4.79 Å². The van der Waals surface area contributed by atoms with Gasteiger partial charge >= 0.3 is 0 Å². The van der Waals surface area contributed by atoms with Crippen molar-refractivity contribution in [2.45, 2.75) is 31.5 Å². The first-order valence-electron chi connectivity index (χ1n) is 7.53. The molecule has 0 aliphatic carbocycles. The predicted molar refractivity (Wildman–Crippen MR) is 97.3 cm³/mol. The van der Waals surface area contributed by atoms with Crippen LogP contribution >= 0.6 is 27.7 Å². The fourth-order valence-corrected chi connectivity index (χ4v) is 2.76. The van der Waals surface area contributed by atoms with E-state index in [1.165, 1.54) is 11.8 Å². The molecule has 2 N–H and O–H groups in total. The van der Waals surface area contributed by atoms with Crippen molar-refractivity contribution in [3.63, 3.8) is 0 Å². The van der Waals surface area contributed by atoms with Crippen LogP contribution in [0.4, 0.5) is 5.82 Å². The van der Waals surface area contributed by atoms with Gasteiger partial charge in [0.2, 0.25) is 5.91 Å². The number of thioether (sulfide) groups is 1. The molecule has 0 fully saturated rings. The van der Waals surface area contributed by atoms with E-state index in [1.807, 2.05) is 10.9 Å². The molecule has 0 aliphatic rings. The largest absolute Gasteiger partial charge is 0.369 e. The monoisotopic (exact) mass is 400 g/mol. The number of hydrogen-bond donors (Lipinski definition) is 2. The third-order valence-electron chi connectivity index (χ3n) is 3.17. The van der Waals surface area contributed by atoms with Crippen LogP contribution in [-0.2, 0) is 11.3 Å². The Kier molecular flexibility index (Phi) is 7.10. The van der Waals surface area contributed by atoms with E-state index in [0.717, 1.165) is 29.8 Å². The summed E-state index contributed by atoms with van der Waals surface area (Å²) in [5.41, 5.74) is 0.790. The summed E-state index contributed by atoms with van der Waals surface area (Å²) in [4.78, 5) is 20.6. The number of hydrogen-bond acceptors (Lipinski definition) is 6. The molecule has 1 amide bonds.